The molecule has 1 aliphatic rings. The molecule has 1 aromatic rings. The van der Waals surface area contributed by atoms with E-state index in [1.54, 1.807) is 0 Å². The first-order valence-electron chi connectivity index (χ1n) is 6.89. The van der Waals surface area contributed by atoms with Gasteiger partial charge in [-0.25, -0.2) is 0 Å². The highest BCUT2D eigenvalue weighted by Crippen LogP contribution is 2.21. The van der Waals surface area contributed by atoms with Crippen molar-refractivity contribution in [2.45, 2.75) is 44.7 Å². The number of likely N-dealkylation sites (N-methyl/N-ethyl adjacent to an activating group) is 1. The molecule has 1 saturated carbocycles. The average Bonchev–Trinajstić information content (AvgIpc) is 2.81. The Balaban J connectivity index is 1.59. The third-order valence-corrected chi connectivity index (χ3v) is 5.46. The fourth-order valence-electron chi connectivity index (χ4n) is 2.62. The maximum Gasteiger partial charge on any atom is 0.0300 e. The predicted molar refractivity (Wildman–Crippen MR) is 83.2 cm³/mol. The van der Waals surface area contributed by atoms with Crippen molar-refractivity contribution in [2.24, 2.45) is 0 Å². The van der Waals surface area contributed by atoms with Gasteiger partial charge in [0.05, 0.1) is 0 Å². The van der Waals surface area contributed by atoms with E-state index in [2.05, 4.69) is 44.6 Å². The van der Waals surface area contributed by atoms with Crippen LogP contribution in [0.5, 0.6) is 0 Å². The van der Waals surface area contributed by atoms with Crippen LogP contribution in [0.15, 0.2) is 15.9 Å². The highest BCUT2D eigenvalue weighted by molar-refractivity contribution is 9.10. The molecule has 1 aromatic heterocycles. The number of rotatable bonds is 6. The molecule has 0 radical (unpaired) electrons. The highest BCUT2D eigenvalue weighted by atomic mass is 79.9. The van der Waals surface area contributed by atoms with Crippen LogP contribution in [0.4, 0.5) is 0 Å². The topological polar surface area (TPSA) is 15.3 Å². The summed E-state index contributed by atoms with van der Waals surface area (Å²) < 4.78 is 1.20. The molecule has 2 nitrogen and oxygen atoms in total. The summed E-state index contributed by atoms with van der Waals surface area (Å²) >= 11 is 5.30. The molecule has 0 atom stereocenters. The number of hydrogen-bond donors (Lipinski definition) is 1. The smallest absolute Gasteiger partial charge is 0.0300 e. The minimum absolute atomic E-state index is 0.830. The number of nitrogens with zero attached hydrogens (tertiary/aromatic N) is 1. The molecule has 2 rings (SSSR count). The maximum absolute atomic E-state index is 3.53. The Hall–Kier alpha value is 0.1000. The Morgan fingerprint density at radius 2 is 2.17 bits per heavy atom. The lowest BCUT2D eigenvalue weighted by Gasteiger charge is -2.31. The lowest BCUT2D eigenvalue weighted by atomic mass is 9.94. The largest absolute Gasteiger partial charge is 0.311 e. The van der Waals surface area contributed by atoms with Crippen molar-refractivity contribution in [3.8, 4) is 0 Å². The summed E-state index contributed by atoms with van der Waals surface area (Å²) in [4.78, 5) is 3.94. The molecule has 4 heteroatoms. The van der Waals surface area contributed by atoms with E-state index in [0.717, 1.165) is 25.7 Å². The highest BCUT2D eigenvalue weighted by Gasteiger charge is 2.17. The van der Waals surface area contributed by atoms with Crippen LogP contribution >= 0.6 is 27.3 Å². The van der Waals surface area contributed by atoms with Crippen LogP contribution in [0.3, 0.4) is 0 Å². The fraction of sp³-hybridized carbons (Fsp3) is 0.714. The molecule has 18 heavy (non-hydrogen) atoms. The van der Waals surface area contributed by atoms with Crippen LogP contribution in [0.25, 0.3) is 0 Å². The Morgan fingerprint density at radius 1 is 1.39 bits per heavy atom. The van der Waals surface area contributed by atoms with Crippen molar-refractivity contribution in [1.82, 2.24) is 10.2 Å². The molecule has 1 aliphatic carbocycles. The summed E-state index contributed by atoms with van der Waals surface area (Å²) in [5, 5.41) is 5.68. The van der Waals surface area contributed by atoms with Gasteiger partial charge in [0.1, 0.15) is 0 Å². The molecule has 0 amide bonds. The standard InChI is InChI=1S/C14H23BrN2S/c1-17(13-5-3-2-4-6-13)8-7-16-10-14-9-12(15)11-18-14/h9,11,13,16H,2-8,10H2,1H3. The number of halogens is 1. The van der Waals surface area contributed by atoms with Crippen molar-refractivity contribution >= 4 is 27.3 Å². The summed E-state index contributed by atoms with van der Waals surface area (Å²) in [5.41, 5.74) is 0. The minimum Gasteiger partial charge on any atom is -0.311 e. The Kier molecular flexibility index (Phi) is 6.15. The Morgan fingerprint density at radius 3 is 2.83 bits per heavy atom. The van der Waals surface area contributed by atoms with E-state index in [9.17, 15) is 0 Å². The van der Waals surface area contributed by atoms with Crippen molar-refractivity contribution in [2.75, 3.05) is 20.1 Å². The molecular weight excluding hydrogens is 308 g/mol. The normalized spacial score (nSPS) is 17.5. The maximum atomic E-state index is 3.53. The molecule has 1 heterocycles. The van der Waals surface area contributed by atoms with Gasteiger partial charge in [0.2, 0.25) is 0 Å². The fourth-order valence-corrected chi connectivity index (χ4v) is 4.04. The van der Waals surface area contributed by atoms with E-state index in [1.165, 1.54) is 41.5 Å². The van der Waals surface area contributed by atoms with E-state index in [4.69, 9.17) is 0 Å². The zero-order valence-corrected chi connectivity index (χ0v) is 13.5. The first kappa shape index (κ1) is 14.5. The molecule has 102 valence electrons. The van der Waals surface area contributed by atoms with Crippen LogP contribution in [0, 0.1) is 0 Å². The van der Waals surface area contributed by atoms with E-state index < -0.39 is 0 Å². The first-order chi connectivity index (χ1) is 8.75. The Labute approximate surface area is 123 Å². The lowest BCUT2D eigenvalue weighted by molar-refractivity contribution is 0.192. The molecule has 0 aromatic carbocycles. The molecule has 0 spiro atoms. The van der Waals surface area contributed by atoms with E-state index in [1.807, 2.05) is 11.3 Å². The first-order valence-corrected chi connectivity index (χ1v) is 8.57. The van der Waals surface area contributed by atoms with Gasteiger partial charge >= 0.3 is 0 Å². The van der Waals surface area contributed by atoms with Gasteiger partial charge in [0.25, 0.3) is 0 Å². The molecule has 1 N–H and O–H groups in total. The third-order valence-electron chi connectivity index (χ3n) is 3.76. The van der Waals surface area contributed by atoms with Crippen LogP contribution < -0.4 is 5.32 Å². The molecule has 0 saturated heterocycles. The van der Waals surface area contributed by atoms with Crippen LogP contribution in [0.2, 0.25) is 0 Å². The lowest BCUT2D eigenvalue weighted by Crippen LogP contribution is -2.37. The summed E-state index contributed by atoms with van der Waals surface area (Å²) in [6, 6.07) is 3.03. The summed E-state index contributed by atoms with van der Waals surface area (Å²) in [5.74, 6) is 0. The summed E-state index contributed by atoms with van der Waals surface area (Å²) in [6.07, 6.45) is 7.08. The van der Waals surface area contributed by atoms with Gasteiger partial charge in [0, 0.05) is 40.4 Å². The van der Waals surface area contributed by atoms with Gasteiger partial charge in [-0.15, -0.1) is 11.3 Å². The average molecular weight is 331 g/mol. The van der Waals surface area contributed by atoms with Gasteiger partial charge in [-0.1, -0.05) is 19.3 Å². The van der Waals surface area contributed by atoms with Gasteiger partial charge in [0.15, 0.2) is 0 Å². The second kappa shape index (κ2) is 7.63. The number of nitrogens with one attached hydrogen (secondary N) is 1. The van der Waals surface area contributed by atoms with Gasteiger partial charge in [-0.2, -0.15) is 0 Å². The van der Waals surface area contributed by atoms with Crippen LogP contribution in [0.1, 0.15) is 37.0 Å². The third kappa shape index (κ3) is 4.65. The van der Waals surface area contributed by atoms with Gasteiger partial charge in [-0.05, 0) is 41.9 Å². The molecule has 0 aliphatic heterocycles. The predicted octanol–water partition coefficient (Wildman–Crippen LogP) is 3.86. The second-order valence-corrected chi connectivity index (χ2v) is 7.09. The Bertz CT molecular complexity index is 347. The van der Waals surface area contributed by atoms with Crippen molar-refractivity contribution in [3.63, 3.8) is 0 Å². The van der Waals surface area contributed by atoms with Gasteiger partial charge < -0.3 is 10.2 Å². The minimum atomic E-state index is 0.830. The van der Waals surface area contributed by atoms with E-state index in [0.29, 0.717) is 0 Å². The van der Waals surface area contributed by atoms with Crippen LogP contribution in [-0.4, -0.2) is 31.1 Å². The summed E-state index contributed by atoms with van der Waals surface area (Å²) in [7, 11) is 2.28. The van der Waals surface area contributed by atoms with Crippen molar-refractivity contribution < 1.29 is 0 Å². The quantitative estimate of drug-likeness (QED) is 0.796. The molecule has 1 fully saturated rings. The second-order valence-electron chi connectivity index (χ2n) is 5.18. The van der Waals surface area contributed by atoms with Gasteiger partial charge in [-0.3, -0.25) is 0 Å². The monoisotopic (exact) mass is 330 g/mol. The van der Waals surface area contributed by atoms with Crippen LogP contribution in [-0.2, 0) is 6.54 Å². The zero-order valence-electron chi connectivity index (χ0n) is 11.1. The van der Waals surface area contributed by atoms with E-state index >= 15 is 0 Å². The zero-order chi connectivity index (χ0) is 12.8. The van der Waals surface area contributed by atoms with E-state index in [-0.39, 0.29) is 0 Å². The number of hydrogen-bond acceptors (Lipinski definition) is 3. The SMILES string of the molecule is CN(CCNCc1cc(Br)cs1)C1CCCCC1. The van der Waals surface area contributed by atoms with Crippen molar-refractivity contribution in [3.05, 3.63) is 20.8 Å². The molecule has 0 unspecified atom stereocenters. The molecule has 0 bridgehead atoms. The summed E-state index contributed by atoms with van der Waals surface area (Å²) in [6.45, 7) is 3.24. The molecular formula is C14H23BrN2S. The number of thiophene rings is 1. The van der Waals surface area contributed by atoms with Crippen molar-refractivity contribution in [1.29, 1.82) is 0 Å².